The topological polar surface area (TPSA) is 124 Å². The Hall–Kier alpha value is -1.74. The van der Waals surface area contributed by atoms with Crippen molar-refractivity contribution in [1.29, 1.82) is 0 Å². The third-order valence-electron chi connectivity index (χ3n) is 9.81. The van der Waals surface area contributed by atoms with Crippen molar-refractivity contribution in [3.63, 3.8) is 0 Å². The largest absolute Gasteiger partial charge is 0.387 e. The summed E-state index contributed by atoms with van der Waals surface area (Å²) in [6, 6.07) is -1.26. The van der Waals surface area contributed by atoms with Gasteiger partial charge in [0.15, 0.2) is 0 Å². The Bertz CT molecular complexity index is 1040. The van der Waals surface area contributed by atoms with Gasteiger partial charge in [-0.3, -0.25) is 9.35 Å². The molecule has 4 N–H and O–H groups in total. The molecule has 0 aliphatic heterocycles. The lowest BCUT2D eigenvalue weighted by molar-refractivity contribution is -0.130. The maximum atomic E-state index is 12.6. The van der Waals surface area contributed by atoms with E-state index in [1.165, 1.54) is 128 Å². The van der Waals surface area contributed by atoms with Gasteiger partial charge in [0.25, 0.3) is 10.1 Å². The molecule has 0 bridgehead atoms. The van der Waals surface area contributed by atoms with Gasteiger partial charge in [0, 0.05) is 0 Å². The van der Waals surface area contributed by atoms with Crippen LogP contribution in [0, 0.1) is 0 Å². The van der Waals surface area contributed by atoms with Crippen LogP contribution in [0.3, 0.4) is 0 Å². The molecule has 0 heterocycles. The van der Waals surface area contributed by atoms with Crippen LogP contribution in [0.25, 0.3) is 0 Å². The molecule has 3 unspecified atom stereocenters. The Balaban J connectivity index is 4.08. The molecule has 0 spiro atoms. The first kappa shape index (κ1) is 51.3. The Kier molecular flexibility index (Phi) is 37.3. The lowest BCUT2D eigenvalue weighted by Gasteiger charge is -2.22. The summed E-state index contributed by atoms with van der Waals surface area (Å²) in [6.07, 6.45) is 48.8. The first-order chi connectivity index (χ1) is 25.7. The third-order valence-corrected chi connectivity index (χ3v) is 10.6. The molecule has 0 rings (SSSR count). The first-order valence-corrected chi connectivity index (χ1v) is 23.6. The standard InChI is InChI=1S/C45H83NO6S/c1-3-5-7-9-11-13-15-17-19-21-22-24-26-28-30-32-34-36-38-40-44(48)45(49)46-42(41-53(50,51)52)43(47)39-37-35-33-31-29-27-25-23-20-18-16-14-12-10-8-6-4-2/h20,22-24,29,31,37,39,42-44,47-48H,3-19,21,25-28,30,32-36,38,40-41H2,1-2H3,(H,46,49)(H,50,51,52)/b23-20+,24-22-,31-29+,39-37+. The zero-order valence-corrected chi connectivity index (χ0v) is 35.1. The van der Waals surface area contributed by atoms with Crippen LogP contribution in [0.5, 0.6) is 0 Å². The van der Waals surface area contributed by atoms with E-state index in [1.807, 2.05) is 0 Å². The highest BCUT2D eigenvalue weighted by Gasteiger charge is 2.27. The van der Waals surface area contributed by atoms with E-state index < -0.39 is 40.0 Å². The number of carbonyl (C=O) groups is 1. The number of unbranched alkanes of at least 4 members (excludes halogenated alkanes) is 24. The summed E-state index contributed by atoms with van der Waals surface area (Å²) in [7, 11) is -4.46. The fourth-order valence-electron chi connectivity index (χ4n) is 6.42. The molecule has 0 saturated carbocycles. The van der Waals surface area contributed by atoms with Crippen LogP contribution in [-0.2, 0) is 14.9 Å². The number of aliphatic hydroxyl groups excluding tert-OH is 2. The Morgan fingerprint density at radius 2 is 0.849 bits per heavy atom. The zero-order chi connectivity index (χ0) is 39.1. The van der Waals surface area contributed by atoms with Gasteiger partial charge in [-0.1, -0.05) is 184 Å². The monoisotopic (exact) mass is 766 g/mol. The van der Waals surface area contributed by atoms with E-state index in [-0.39, 0.29) is 6.42 Å². The predicted octanol–water partition coefficient (Wildman–Crippen LogP) is 12.0. The van der Waals surface area contributed by atoms with Gasteiger partial charge in [-0.25, -0.2) is 0 Å². The molecule has 0 radical (unpaired) electrons. The maximum Gasteiger partial charge on any atom is 0.267 e. The Morgan fingerprint density at radius 3 is 1.25 bits per heavy atom. The van der Waals surface area contributed by atoms with Gasteiger partial charge in [0.2, 0.25) is 5.91 Å². The minimum Gasteiger partial charge on any atom is -0.387 e. The van der Waals surface area contributed by atoms with Gasteiger partial charge in [-0.05, 0) is 70.6 Å². The molecule has 0 fully saturated rings. The van der Waals surface area contributed by atoms with Crippen LogP contribution in [0.1, 0.15) is 206 Å². The van der Waals surface area contributed by atoms with Crippen LogP contribution in [0.4, 0.5) is 0 Å². The molecule has 7 nitrogen and oxygen atoms in total. The normalized spacial score (nSPS) is 14.3. The summed E-state index contributed by atoms with van der Waals surface area (Å²) >= 11 is 0. The molecule has 0 aromatic rings. The molecule has 8 heteroatoms. The van der Waals surface area contributed by atoms with E-state index in [0.29, 0.717) is 12.8 Å². The van der Waals surface area contributed by atoms with Crippen molar-refractivity contribution in [3.8, 4) is 0 Å². The lowest BCUT2D eigenvalue weighted by Crippen LogP contribution is -2.50. The van der Waals surface area contributed by atoms with Crippen LogP contribution < -0.4 is 5.32 Å². The number of hydrogen-bond donors (Lipinski definition) is 4. The molecule has 53 heavy (non-hydrogen) atoms. The zero-order valence-electron chi connectivity index (χ0n) is 34.2. The van der Waals surface area contributed by atoms with Crippen molar-refractivity contribution in [2.24, 2.45) is 0 Å². The highest BCUT2D eigenvalue weighted by atomic mass is 32.2. The summed E-state index contributed by atoms with van der Waals surface area (Å²) in [5.41, 5.74) is 0. The van der Waals surface area contributed by atoms with E-state index in [4.69, 9.17) is 0 Å². The minimum atomic E-state index is -4.46. The number of allylic oxidation sites excluding steroid dienone is 7. The highest BCUT2D eigenvalue weighted by molar-refractivity contribution is 7.85. The van der Waals surface area contributed by atoms with Gasteiger partial charge in [-0.2, -0.15) is 8.42 Å². The number of rotatable bonds is 39. The first-order valence-electron chi connectivity index (χ1n) is 21.9. The quantitative estimate of drug-likeness (QED) is 0.0281. The van der Waals surface area contributed by atoms with Crippen molar-refractivity contribution in [2.75, 3.05) is 5.75 Å². The van der Waals surface area contributed by atoms with Crippen molar-refractivity contribution < 1.29 is 28.0 Å². The molecule has 1 amide bonds. The molecule has 0 saturated heterocycles. The Labute approximate surface area is 327 Å². The number of carbonyl (C=O) groups excluding carboxylic acids is 1. The second-order valence-electron chi connectivity index (χ2n) is 15.1. The highest BCUT2D eigenvalue weighted by Crippen LogP contribution is 2.14. The molecule has 3 atom stereocenters. The van der Waals surface area contributed by atoms with E-state index in [1.54, 1.807) is 6.08 Å². The lowest BCUT2D eigenvalue weighted by atomic mass is 10.0. The Morgan fingerprint density at radius 1 is 0.509 bits per heavy atom. The summed E-state index contributed by atoms with van der Waals surface area (Å²) in [5.74, 6) is -1.57. The van der Waals surface area contributed by atoms with E-state index in [9.17, 15) is 28.0 Å². The number of hydrogen-bond acceptors (Lipinski definition) is 5. The summed E-state index contributed by atoms with van der Waals surface area (Å²) < 4.78 is 32.6. The second-order valence-corrected chi connectivity index (χ2v) is 16.6. The fraction of sp³-hybridized carbons (Fsp3) is 0.800. The van der Waals surface area contributed by atoms with Crippen molar-refractivity contribution >= 4 is 16.0 Å². The van der Waals surface area contributed by atoms with Crippen molar-refractivity contribution in [3.05, 3.63) is 48.6 Å². The molecular weight excluding hydrogens is 683 g/mol. The number of aliphatic hydroxyl groups is 2. The minimum absolute atomic E-state index is 0.263. The van der Waals surface area contributed by atoms with Crippen molar-refractivity contribution in [2.45, 2.75) is 225 Å². The predicted molar refractivity (Wildman–Crippen MR) is 227 cm³/mol. The average Bonchev–Trinajstić information content (AvgIpc) is 3.12. The summed E-state index contributed by atoms with van der Waals surface area (Å²) in [4.78, 5) is 12.6. The SMILES string of the molecule is CCCCCCCCC/C=C/CC/C=C/CC/C=C/C(O)C(CS(=O)(=O)O)NC(=O)C(O)CCCCCCCC/C=C\CCCCCCCCCCC. The molecule has 310 valence electrons. The van der Waals surface area contributed by atoms with Gasteiger partial charge in [-0.15, -0.1) is 0 Å². The van der Waals surface area contributed by atoms with Crippen LogP contribution in [0.2, 0.25) is 0 Å². The molecule has 0 aromatic heterocycles. The number of nitrogens with one attached hydrogen (secondary N) is 1. The van der Waals surface area contributed by atoms with Crippen LogP contribution in [-0.4, -0.2) is 53.1 Å². The summed E-state index contributed by atoms with van der Waals surface area (Å²) in [5, 5.41) is 23.4. The summed E-state index contributed by atoms with van der Waals surface area (Å²) in [6.45, 7) is 4.51. The van der Waals surface area contributed by atoms with Crippen LogP contribution >= 0.6 is 0 Å². The molecular formula is C45H83NO6S. The van der Waals surface area contributed by atoms with E-state index >= 15 is 0 Å². The van der Waals surface area contributed by atoms with Gasteiger partial charge in [0.05, 0.1) is 17.9 Å². The van der Waals surface area contributed by atoms with Crippen molar-refractivity contribution in [1.82, 2.24) is 5.32 Å². The molecule has 0 aliphatic carbocycles. The van der Waals surface area contributed by atoms with E-state index in [2.05, 4.69) is 55.6 Å². The molecule has 0 aliphatic rings. The fourth-order valence-corrected chi connectivity index (χ4v) is 7.16. The van der Waals surface area contributed by atoms with Gasteiger partial charge in [0.1, 0.15) is 6.10 Å². The third kappa shape index (κ3) is 38.3. The molecule has 0 aromatic carbocycles. The number of amides is 1. The maximum absolute atomic E-state index is 12.6. The van der Waals surface area contributed by atoms with Crippen LogP contribution in [0.15, 0.2) is 48.6 Å². The van der Waals surface area contributed by atoms with Gasteiger partial charge < -0.3 is 15.5 Å². The van der Waals surface area contributed by atoms with E-state index in [0.717, 1.165) is 51.4 Å². The average molecular weight is 766 g/mol. The van der Waals surface area contributed by atoms with Gasteiger partial charge >= 0.3 is 0 Å². The second kappa shape index (κ2) is 38.5. The smallest absolute Gasteiger partial charge is 0.267 e.